The highest BCUT2D eigenvalue weighted by molar-refractivity contribution is 6.21. The molecule has 0 saturated carbocycles. The third-order valence-corrected chi connectivity index (χ3v) is 5.54. The molecule has 1 aromatic carbocycles. The van der Waals surface area contributed by atoms with E-state index in [1.807, 2.05) is 0 Å². The quantitative estimate of drug-likeness (QED) is 0.859. The first-order chi connectivity index (χ1) is 11.1. The largest absolute Gasteiger partial charge is 0.390 e. The minimum absolute atomic E-state index is 0.0856. The Morgan fingerprint density at radius 3 is 2.09 bits per heavy atom. The second-order valence-corrected chi connectivity index (χ2v) is 6.93. The lowest BCUT2D eigenvalue weighted by Crippen LogP contribution is -2.47. The van der Waals surface area contributed by atoms with Gasteiger partial charge in [-0.2, -0.15) is 0 Å². The van der Waals surface area contributed by atoms with Gasteiger partial charge in [0.05, 0.1) is 23.8 Å². The van der Waals surface area contributed by atoms with Crippen LogP contribution in [0.4, 0.5) is 0 Å². The van der Waals surface area contributed by atoms with Crippen LogP contribution in [0.2, 0.25) is 0 Å². The molecule has 2 saturated heterocycles. The topological polar surface area (TPSA) is 60.9 Å². The fourth-order valence-electron chi connectivity index (χ4n) is 4.44. The number of hydrogen-bond donors (Lipinski definition) is 1. The van der Waals surface area contributed by atoms with Crippen LogP contribution in [0.15, 0.2) is 24.3 Å². The average Bonchev–Trinajstić information content (AvgIpc) is 2.92. The summed E-state index contributed by atoms with van der Waals surface area (Å²) in [6.07, 6.45) is 5.43. The molecule has 2 bridgehead atoms. The van der Waals surface area contributed by atoms with Gasteiger partial charge in [-0.05, 0) is 37.8 Å². The van der Waals surface area contributed by atoms with Gasteiger partial charge in [0.1, 0.15) is 0 Å². The highest BCUT2D eigenvalue weighted by Gasteiger charge is 2.39. The normalized spacial score (nSPS) is 28.3. The van der Waals surface area contributed by atoms with E-state index in [1.54, 1.807) is 24.3 Å². The molecule has 2 amide bonds. The summed E-state index contributed by atoms with van der Waals surface area (Å²) in [6, 6.07) is 8.01. The number of carbonyl (C=O) groups is 2. The third kappa shape index (κ3) is 2.48. The van der Waals surface area contributed by atoms with E-state index in [0.717, 1.165) is 0 Å². The molecule has 3 heterocycles. The molecule has 0 aromatic heterocycles. The average molecular weight is 314 g/mol. The first-order valence-electron chi connectivity index (χ1n) is 8.54. The summed E-state index contributed by atoms with van der Waals surface area (Å²) in [5, 5.41) is 10.5. The molecular weight excluding hydrogens is 292 g/mol. The number of carbonyl (C=O) groups excluding carboxylic acids is 2. The van der Waals surface area contributed by atoms with Crippen LogP contribution in [-0.4, -0.2) is 58.0 Å². The fourth-order valence-corrected chi connectivity index (χ4v) is 4.44. The molecule has 3 aliphatic rings. The number of benzene rings is 1. The van der Waals surface area contributed by atoms with Crippen molar-refractivity contribution in [1.82, 2.24) is 9.80 Å². The maximum absolute atomic E-state index is 12.4. The van der Waals surface area contributed by atoms with Gasteiger partial charge < -0.3 is 5.11 Å². The van der Waals surface area contributed by atoms with E-state index in [0.29, 0.717) is 29.8 Å². The lowest BCUT2D eigenvalue weighted by molar-refractivity contribution is 0.0344. The Kier molecular flexibility index (Phi) is 3.70. The first kappa shape index (κ1) is 14.8. The Morgan fingerprint density at radius 2 is 1.52 bits per heavy atom. The Labute approximate surface area is 135 Å². The van der Waals surface area contributed by atoms with Crippen LogP contribution >= 0.6 is 0 Å². The Balaban J connectivity index is 1.43. The van der Waals surface area contributed by atoms with E-state index in [9.17, 15) is 14.7 Å². The molecule has 0 radical (unpaired) electrons. The molecule has 5 heteroatoms. The predicted molar refractivity (Wildman–Crippen MR) is 85.2 cm³/mol. The van der Waals surface area contributed by atoms with Crippen molar-refractivity contribution in [2.24, 2.45) is 0 Å². The summed E-state index contributed by atoms with van der Waals surface area (Å²) in [5.41, 5.74) is 0.894. The summed E-state index contributed by atoms with van der Waals surface area (Å²) in [4.78, 5) is 28.3. The Hall–Kier alpha value is -1.72. The minimum atomic E-state index is -0.682. The molecule has 0 aliphatic carbocycles. The maximum atomic E-state index is 12.4. The molecule has 5 nitrogen and oxygen atoms in total. The van der Waals surface area contributed by atoms with Crippen LogP contribution in [-0.2, 0) is 0 Å². The van der Waals surface area contributed by atoms with E-state index in [2.05, 4.69) is 4.90 Å². The molecule has 3 atom stereocenters. The molecular formula is C18H22N2O3. The summed E-state index contributed by atoms with van der Waals surface area (Å²) in [5.74, 6) is -0.572. The van der Waals surface area contributed by atoms with E-state index < -0.39 is 6.10 Å². The van der Waals surface area contributed by atoms with Gasteiger partial charge in [-0.25, -0.2) is 0 Å². The van der Waals surface area contributed by atoms with Gasteiger partial charge in [-0.3, -0.25) is 19.4 Å². The van der Waals surface area contributed by atoms with Crippen molar-refractivity contribution < 1.29 is 14.7 Å². The van der Waals surface area contributed by atoms with Gasteiger partial charge in [0, 0.05) is 18.6 Å². The van der Waals surface area contributed by atoms with Gasteiger partial charge in [0.15, 0.2) is 0 Å². The van der Waals surface area contributed by atoms with Crippen LogP contribution in [0.1, 0.15) is 52.8 Å². The van der Waals surface area contributed by atoms with Crippen molar-refractivity contribution >= 4 is 11.8 Å². The van der Waals surface area contributed by atoms with Gasteiger partial charge in [-0.1, -0.05) is 18.6 Å². The summed E-state index contributed by atoms with van der Waals surface area (Å²) >= 11 is 0. The Bertz CT molecular complexity index is 594. The monoisotopic (exact) mass is 314 g/mol. The number of β-amino-alcohol motifs (C(OH)–C–C–N with tert-alkyl or cyclic N) is 1. The fraction of sp³-hybridized carbons (Fsp3) is 0.556. The highest BCUT2D eigenvalue weighted by Crippen LogP contribution is 2.35. The van der Waals surface area contributed by atoms with Gasteiger partial charge in [0.25, 0.3) is 11.8 Å². The zero-order chi connectivity index (χ0) is 16.0. The van der Waals surface area contributed by atoms with Crippen molar-refractivity contribution in [3.8, 4) is 0 Å². The predicted octanol–water partition coefficient (Wildman–Crippen LogP) is 1.66. The van der Waals surface area contributed by atoms with Crippen LogP contribution in [0.5, 0.6) is 0 Å². The molecule has 1 unspecified atom stereocenters. The van der Waals surface area contributed by atoms with Crippen LogP contribution in [0.25, 0.3) is 0 Å². The standard InChI is InChI=1S/C18H22N2O3/c21-14(10-19-12-4-3-5-13(19)9-8-12)11-20-17(22)15-6-1-2-7-16(15)18(20)23/h1-2,6-7,12-14,21H,3-5,8-11H2/t12-,13+,14?. The smallest absolute Gasteiger partial charge is 0.261 e. The molecule has 1 N–H and O–H groups in total. The van der Waals surface area contributed by atoms with Crippen LogP contribution < -0.4 is 0 Å². The van der Waals surface area contributed by atoms with Crippen LogP contribution in [0.3, 0.4) is 0 Å². The number of imide groups is 1. The highest BCUT2D eigenvalue weighted by atomic mass is 16.3. The number of piperidine rings is 1. The van der Waals surface area contributed by atoms with Crippen molar-refractivity contribution in [3.63, 3.8) is 0 Å². The second kappa shape index (κ2) is 5.73. The first-order valence-corrected chi connectivity index (χ1v) is 8.54. The number of rotatable bonds is 4. The summed E-state index contributed by atoms with van der Waals surface area (Å²) in [7, 11) is 0. The molecule has 3 aliphatic heterocycles. The molecule has 1 aromatic rings. The maximum Gasteiger partial charge on any atom is 0.261 e. The van der Waals surface area contributed by atoms with E-state index in [-0.39, 0.29) is 18.4 Å². The second-order valence-electron chi connectivity index (χ2n) is 6.93. The van der Waals surface area contributed by atoms with Gasteiger partial charge in [0.2, 0.25) is 0 Å². The minimum Gasteiger partial charge on any atom is -0.390 e. The summed E-state index contributed by atoms with van der Waals surface area (Å²) in [6.45, 7) is 0.644. The van der Waals surface area contributed by atoms with Gasteiger partial charge >= 0.3 is 0 Å². The third-order valence-electron chi connectivity index (χ3n) is 5.54. The van der Waals surface area contributed by atoms with Crippen molar-refractivity contribution in [1.29, 1.82) is 0 Å². The Morgan fingerprint density at radius 1 is 0.957 bits per heavy atom. The van der Waals surface area contributed by atoms with Crippen LogP contribution in [0, 0.1) is 0 Å². The van der Waals surface area contributed by atoms with E-state index in [1.165, 1.54) is 37.0 Å². The van der Waals surface area contributed by atoms with Crippen molar-refractivity contribution in [2.75, 3.05) is 13.1 Å². The lowest BCUT2D eigenvalue weighted by atomic mass is 10.0. The molecule has 2 fully saturated rings. The lowest BCUT2D eigenvalue weighted by Gasteiger charge is -2.36. The zero-order valence-corrected chi connectivity index (χ0v) is 13.1. The number of fused-ring (bicyclic) bond motifs is 3. The number of aliphatic hydroxyl groups excluding tert-OH is 1. The van der Waals surface area contributed by atoms with Crippen molar-refractivity contribution in [3.05, 3.63) is 35.4 Å². The number of nitrogens with zero attached hydrogens (tertiary/aromatic N) is 2. The molecule has 122 valence electrons. The molecule has 0 spiro atoms. The molecule has 23 heavy (non-hydrogen) atoms. The van der Waals surface area contributed by atoms with E-state index >= 15 is 0 Å². The molecule has 4 rings (SSSR count). The van der Waals surface area contributed by atoms with Crippen molar-refractivity contribution in [2.45, 2.75) is 50.3 Å². The SMILES string of the molecule is O=C1c2ccccc2C(=O)N1CC(O)CN1[C@@H]2CCC[C@H]1CC2. The van der Waals surface area contributed by atoms with E-state index in [4.69, 9.17) is 0 Å². The number of amides is 2. The number of hydrogen-bond acceptors (Lipinski definition) is 4. The zero-order valence-electron chi connectivity index (χ0n) is 13.1. The van der Waals surface area contributed by atoms with Gasteiger partial charge in [-0.15, -0.1) is 0 Å². The number of aliphatic hydroxyl groups is 1. The summed E-state index contributed by atoms with van der Waals surface area (Å²) < 4.78 is 0.